The van der Waals surface area contributed by atoms with Gasteiger partial charge in [0.25, 0.3) is 0 Å². The summed E-state index contributed by atoms with van der Waals surface area (Å²) in [5, 5.41) is 12.4. The first-order valence-corrected chi connectivity index (χ1v) is 13.1. The van der Waals surface area contributed by atoms with Gasteiger partial charge in [-0.3, -0.25) is 9.25 Å². The van der Waals surface area contributed by atoms with Crippen molar-refractivity contribution in [3.63, 3.8) is 0 Å². The Kier molecular flexibility index (Phi) is 6.95. The highest BCUT2D eigenvalue weighted by Gasteiger charge is 2.33. The molecule has 0 bridgehead atoms. The van der Waals surface area contributed by atoms with E-state index in [2.05, 4.69) is 35.2 Å². The molecule has 0 aliphatic carbocycles. The van der Waals surface area contributed by atoms with Gasteiger partial charge in [-0.1, -0.05) is 24.6 Å². The lowest BCUT2D eigenvalue weighted by Gasteiger charge is -2.21. The molecule has 0 spiro atoms. The molecule has 0 N–H and O–H groups in total. The van der Waals surface area contributed by atoms with Crippen LogP contribution in [0.15, 0.2) is 36.9 Å². The zero-order valence-corrected chi connectivity index (χ0v) is 21.6. The quantitative estimate of drug-likeness (QED) is 0.347. The average Bonchev–Trinajstić information content (AvgIpc) is 3.44. The van der Waals surface area contributed by atoms with Crippen molar-refractivity contribution in [2.24, 2.45) is 7.05 Å². The molecular weight excluding hydrogens is 490 g/mol. The van der Waals surface area contributed by atoms with E-state index < -0.39 is 27.0 Å². The Morgan fingerprint density at radius 1 is 1.06 bits per heavy atom. The lowest BCUT2D eigenvalue weighted by molar-refractivity contribution is 0.536. The smallest absolute Gasteiger partial charge is 0.183 e. The lowest BCUT2D eigenvalue weighted by Crippen LogP contribution is -2.28. The molecule has 0 aliphatic heterocycles. The van der Waals surface area contributed by atoms with Crippen LogP contribution in [0.25, 0.3) is 11.5 Å². The number of pyridine rings is 1. The van der Waals surface area contributed by atoms with E-state index in [1.54, 1.807) is 30.1 Å². The summed E-state index contributed by atoms with van der Waals surface area (Å²) >= 11 is 5.88. The molecule has 0 aliphatic rings. The monoisotopic (exact) mass is 515 g/mol. The highest BCUT2D eigenvalue weighted by Crippen LogP contribution is 2.29. The molecule has 35 heavy (non-hydrogen) atoms. The number of rotatable bonds is 8. The second-order valence-corrected chi connectivity index (χ2v) is 11.2. The minimum atomic E-state index is -3.68. The third-order valence-electron chi connectivity index (χ3n) is 6.04. The van der Waals surface area contributed by atoms with Crippen LogP contribution in [0.2, 0.25) is 5.02 Å². The van der Waals surface area contributed by atoms with Gasteiger partial charge in [0.1, 0.15) is 35.2 Å². The number of nitrogens with zero attached hydrogens (tertiary/aromatic N) is 9. The Bertz CT molecular complexity index is 1430. The molecule has 4 aromatic rings. The fraction of sp³-hybridized carbons (Fsp3) is 0.409. The second kappa shape index (κ2) is 9.78. The van der Waals surface area contributed by atoms with Gasteiger partial charge >= 0.3 is 0 Å². The minimum absolute atomic E-state index is 0.287. The number of aryl methyl sites for hydroxylation is 2. The summed E-state index contributed by atoms with van der Waals surface area (Å²) in [4.78, 5) is 17.3. The molecule has 4 rings (SSSR count). The van der Waals surface area contributed by atoms with Crippen molar-refractivity contribution in [2.75, 3.05) is 0 Å². The zero-order chi connectivity index (χ0) is 25.3. The first-order chi connectivity index (χ1) is 16.6. The van der Waals surface area contributed by atoms with E-state index in [-0.39, 0.29) is 11.6 Å². The number of sulfone groups is 1. The van der Waals surface area contributed by atoms with E-state index >= 15 is 0 Å². The summed E-state index contributed by atoms with van der Waals surface area (Å²) in [6.07, 6.45) is 4.37. The van der Waals surface area contributed by atoms with Crippen LogP contribution in [-0.2, 0) is 22.6 Å². The standard InChI is InChI=1S/C22H26ClN9O2S/c1-13-7-6-8-18(28-13)22-30-29-19(32(22)15(3)21-26-12-27-31(21)5)11-35(33,34)16(4)14(2)20-24-9-17(23)10-25-20/h6-10,12,14-16H,11H2,1-5H3/t14-,15-,16-/m0/s1. The molecule has 4 heterocycles. The molecule has 0 fully saturated rings. The number of aromatic nitrogens is 9. The fourth-order valence-corrected chi connectivity index (χ4v) is 5.52. The van der Waals surface area contributed by atoms with Crippen molar-refractivity contribution in [1.82, 2.24) is 44.5 Å². The van der Waals surface area contributed by atoms with Gasteiger partial charge in [0.05, 0.1) is 16.3 Å². The van der Waals surface area contributed by atoms with E-state index in [9.17, 15) is 8.42 Å². The number of halogens is 1. The third-order valence-corrected chi connectivity index (χ3v) is 8.44. The average molecular weight is 516 g/mol. The van der Waals surface area contributed by atoms with E-state index in [4.69, 9.17) is 11.6 Å². The van der Waals surface area contributed by atoms with Gasteiger partial charge in [-0.2, -0.15) is 5.10 Å². The molecule has 0 saturated carbocycles. The zero-order valence-electron chi connectivity index (χ0n) is 20.0. The molecule has 3 atom stereocenters. The van der Waals surface area contributed by atoms with Crippen molar-refractivity contribution >= 4 is 21.4 Å². The van der Waals surface area contributed by atoms with Crippen molar-refractivity contribution in [3.8, 4) is 11.5 Å². The van der Waals surface area contributed by atoms with Crippen LogP contribution in [0.1, 0.15) is 55.9 Å². The van der Waals surface area contributed by atoms with Gasteiger partial charge in [0, 0.05) is 31.1 Å². The first kappa shape index (κ1) is 24.9. The number of hydrogen-bond donors (Lipinski definition) is 0. The van der Waals surface area contributed by atoms with E-state index in [1.165, 1.54) is 18.7 Å². The number of hydrogen-bond acceptors (Lipinski definition) is 9. The van der Waals surface area contributed by atoms with Gasteiger partial charge in [-0.15, -0.1) is 10.2 Å². The summed E-state index contributed by atoms with van der Waals surface area (Å²) in [6, 6.07) is 5.17. The molecule has 0 radical (unpaired) electrons. The SMILES string of the molecule is Cc1cccc(-c2nnc(CS(=O)(=O)[C@@H](C)[C@H](C)c3ncc(Cl)cn3)n2[C@@H](C)c2ncnn2C)n1. The van der Waals surface area contributed by atoms with Gasteiger partial charge in [0.2, 0.25) is 0 Å². The lowest BCUT2D eigenvalue weighted by atomic mass is 10.1. The summed E-state index contributed by atoms with van der Waals surface area (Å²) in [5.41, 5.74) is 1.40. The van der Waals surface area contributed by atoms with Crippen molar-refractivity contribution in [2.45, 2.75) is 50.7 Å². The van der Waals surface area contributed by atoms with Crippen LogP contribution in [0.5, 0.6) is 0 Å². The van der Waals surface area contributed by atoms with Crippen LogP contribution >= 0.6 is 11.6 Å². The maximum absolute atomic E-state index is 13.5. The third kappa shape index (κ3) is 5.08. The molecule has 0 unspecified atom stereocenters. The Balaban J connectivity index is 1.73. The highest BCUT2D eigenvalue weighted by molar-refractivity contribution is 7.91. The van der Waals surface area contributed by atoms with Gasteiger partial charge in [-0.25, -0.2) is 28.4 Å². The second-order valence-electron chi connectivity index (χ2n) is 8.45. The molecule has 0 amide bonds. The minimum Gasteiger partial charge on any atom is -0.298 e. The summed E-state index contributed by atoms with van der Waals surface area (Å²) in [5.74, 6) is 0.999. The van der Waals surface area contributed by atoms with Crippen LogP contribution in [0.4, 0.5) is 0 Å². The molecule has 13 heteroatoms. The van der Waals surface area contributed by atoms with Crippen LogP contribution in [0, 0.1) is 6.92 Å². The molecule has 0 saturated heterocycles. The molecule has 4 aromatic heterocycles. The van der Waals surface area contributed by atoms with Crippen molar-refractivity contribution in [1.29, 1.82) is 0 Å². The Labute approximate surface area is 208 Å². The Morgan fingerprint density at radius 2 is 1.77 bits per heavy atom. The van der Waals surface area contributed by atoms with E-state index in [0.717, 1.165) is 5.69 Å². The molecule has 184 valence electrons. The predicted molar refractivity (Wildman–Crippen MR) is 130 cm³/mol. The van der Waals surface area contributed by atoms with Crippen molar-refractivity contribution in [3.05, 3.63) is 65.1 Å². The predicted octanol–water partition coefficient (Wildman–Crippen LogP) is 2.94. The van der Waals surface area contributed by atoms with Gasteiger partial charge in [0.15, 0.2) is 15.7 Å². The Hall–Kier alpha value is -3.25. The molecular formula is C22H26ClN9O2S. The van der Waals surface area contributed by atoms with Crippen molar-refractivity contribution < 1.29 is 8.42 Å². The normalized spacial score (nSPS) is 14.6. The van der Waals surface area contributed by atoms with E-state index in [1.807, 2.05) is 32.0 Å². The highest BCUT2D eigenvalue weighted by atomic mass is 35.5. The summed E-state index contributed by atoms with van der Waals surface area (Å²) in [6.45, 7) is 7.20. The largest absolute Gasteiger partial charge is 0.298 e. The summed E-state index contributed by atoms with van der Waals surface area (Å²) < 4.78 is 30.4. The van der Waals surface area contributed by atoms with Crippen LogP contribution < -0.4 is 0 Å². The maximum atomic E-state index is 13.5. The van der Waals surface area contributed by atoms with E-state index in [0.29, 0.717) is 28.2 Å². The van der Waals surface area contributed by atoms with Gasteiger partial charge < -0.3 is 0 Å². The van der Waals surface area contributed by atoms with Gasteiger partial charge in [-0.05, 0) is 32.9 Å². The Morgan fingerprint density at radius 3 is 2.40 bits per heavy atom. The maximum Gasteiger partial charge on any atom is 0.183 e. The fourth-order valence-electron chi connectivity index (χ4n) is 3.86. The topological polar surface area (TPSA) is 134 Å². The molecule has 11 nitrogen and oxygen atoms in total. The van der Waals surface area contributed by atoms with Crippen LogP contribution in [0.3, 0.4) is 0 Å². The van der Waals surface area contributed by atoms with Crippen LogP contribution in [-0.4, -0.2) is 58.1 Å². The summed E-state index contributed by atoms with van der Waals surface area (Å²) in [7, 11) is -1.90. The first-order valence-electron chi connectivity index (χ1n) is 11.0. The molecule has 0 aromatic carbocycles.